The lowest BCUT2D eigenvalue weighted by Crippen LogP contribution is -2.10. The number of ether oxygens (including phenoxy) is 2. The molecule has 1 aromatic rings. The summed E-state index contributed by atoms with van der Waals surface area (Å²) >= 11 is 0. The van der Waals surface area contributed by atoms with E-state index in [1.54, 1.807) is 7.11 Å². The minimum Gasteiger partial charge on any atom is -0.493 e. The van der Waals surface area contributed by atoms with Gasteiger partial charge in [0.25, 0.3) is 0 Å². The fourth-order valence-electron chi connectivity index (χ4n) is 2.18. The zero-order valence-corrected chi connectivity index (χ0v) is 13.0. The minimum atomic E-state index is -0.330. The molecule has 1 N–H and O–H groups in total. The molecule has 1 rings (SSSR count). The van der Waals surface area contributed by atoms with Crippen molar-refractivity contribution < 1.29 is 14.6 Å². The Balaban J connectivity index is 2.63. The van der Waals surface area contributed by atoms with Gasteiger partial charge in [0.05, 0.1) is 19.8 Å². The summed E-state index contributed by atoms with van der Waals surface area (Å²) in [6, 6.07) is 5.88. The molecule has 0 heterocycles. The Morgan fingerprint density at radius 2 is 1.95 bits per heavy atom. The summed E-state index contributed by atoms with van der Waals surface area (Å²) in [4.78, 5) is 0. The molecule has 1 unspecified atom stereocenters. The highest BCUT2D eigenvalue weighted by atomic mass is 16.5. The third-order valence-corrected chi connectivity index (χ3v) is 3.45. The molecule has 114 valence electrons. The zero-order valence-electron chi connectivity index (χ0n) is 13.0. The molecule has 0 fully saturated rings. The molecule has 0 aromatic heterocycles. The average Bonchev–Trinajstić information content (AvgIpc) is 2.47. The topological polar surface area (TPSA) is 38.7 Å². The van der Waals surface area contributed by atoms with Crippen LogP contribution in [-0.2, 0) is 6.42 Å². The molecule has 0 radical (unpaired) electrons. The van der Waals surface area contributed by atoms with E-state index in [1.807, 2.05) is 25.1 Å². The van der Waals surface area contributed by atoms with Crippen LogP contribution >= 0.6 is 0 Å². The first kappa shape index (κ1) is 16.8. The minimum absolute atomic E-state index is 0.330. The molecule has 20 heavy (non-hydrogen) atoms. The molecular formula is C17H28O3. The first-order valence-corrected chi connectivity index (χ1v) is 7.69. The van der Waals surface area contributed by atoms with Gasteiger partial charge in [0, 0.05) is 12.0 Å². The summed E-state index contributed by atoms with van der Waals surface area (Å²) in [5.41, 5.74) is 1.01. The fraction of sp³-hybridized carbons (Fsp3) is 0.647. The highest BCUT2D eigenvalue weighted by Crippen LogP contribution is 2.32. The quantitative estimate of drug-likeness (QED) is 0.659. The molecule has 3 nitrogen and oxygen atoms in total. The highest BCUT2D eigenvalue weighted by Gasteiger charge is 2.13. The summed E-state index contributed by atoms with van der Waals surface area (Å²) in [5, 5.41) is 9.80. The van der Waals surface area contributed by atoms with Crippen molar-refractivity contribution >= 4 is 0 Å². The van der Waals surface area contributed by atoms with Crippen LogP contribution in [-0.4, -0.2) is 24.9 Å². The molecule has 3 heteroatoms. The van der Waals surface area contributed by atoms with Crippen LogP contribution in [0.3, 0.4) is 0 Å². The van der Waals surface area contributed by atoms with Crippen molar-refractivity contribution in [3.63, 3.8) is 0 Å². The lowest BCUT2D eigenvalue weighted by atomic mass is 10.0. The number of aliphatic hydroxyl groups excluding tert-OH is 1. The number of unbranched alkanes of at least 4 members (excludes halogenated alkanes) is 3. The smallest absolute Gasteiger partial charge is 0.164 e. The van der Waals surface area contributed by atoms with Crippen LogP contribution in [0.2, 0.25) is 0 Å². The third-order valence-electron chi connectivity index (χ3n) is 3.45. The van der Waals surface area contributed by atoms with Gasteiger partial charge >= 0.3 is 0 Å². The van der Waals surface area contributed by atoms with Gasteiger partial charge in [-0.25, -0.2) is 0 Å². The SMILES string of the molecule is CCCCCCOc1cccc(CC(O)CC)c1OC. The van der Waals surface area contributed by atoms with Crippen LogP contribution in [0.25, 0.3) is 0 Å². The van der Waals surface area contributed by atoms with Crippen molar-refractivity contribution in [1.82, 2.24) is 0 Å². The Hall–Kier alpha value is -1.22. The first-order chi connectivity index (χ1) is 9.72. The predicted molar refractivity (Wildman–Crippen MR) is 82.6 cm³/mol. The zero-order chi connectivity index (χ0) is 14.8. The molecule has 0 aliphatic rings. The summed E-state index contributed by atoms with van der Waals surface area (Å²) in [6.45, 7) is 4.90. The van der Waals surface area contributed by atoms with E-state index < -0.39 is 0 Å². The van der Waals surface area contributed by atoms with Crippen LogP contribution in [0.5, 0.6) is 11.5 Å². The normalized spacial score (nSPS) is 12.2. The molecular weight excluding hydrogens is 252 g/mol. The van der Waals surface area contributed by atoms with Crippen LogP contribution < -0.4 is 9.47 Å². The van der Waals surface area contributed by atoms with Gasteiger partial charge < -0.3 is 14.6 Å². The van der Waals surface area contributed by atoms with Gasteiger partial charge in [-0.3, -0.25) is 0 Å². The number of rotatable bonds is 10. The Bertz CT molecular complexity index is 376. The molecule has 0 saturated heterocycles. The average molecular weight is 280 g/mol. The van der Waals surface area contributed by atoms with Crippen molar-refractivity contribution in [1.29, 1.82) is 0 Å². The van der Waals surface area contributed by atoms with Crippen molar-refractivity contribution in [3.05, 3.63) is 23.8 Å². The van der Waals surface area contributed by atoms with Crippen LogP contribution in [0.4, 0.5) is 0 Å². The number of hydrogen-bond donors (Lipinski definition) is 1. The van der Waals surface area contributed by atoms with Gasteiger partial charge in [0.1, 0.15) is 0 Å². The number of methoxy groups -OCH3 is 1. The molecule has 0 bridgehead atoms. The van der Waals surface area contributed by atoms with E-state index in [0.29, 0.717) is 6.42 Å². The van der Waals surface area contributed by atoms with Crippen LogP contribution in [0.15, 0.2) is 18.2 Å². The maximum Gasteiger partial charge on any atom is 0.164 e. The summed E-state index contributed by atoms with van der Waals surface area (Å²) < 4.78 is 11.3. The Labute approximate surface area is 122 Å². The third kappa shape index (κ3) is 5.41. The first-order valence-electron chi connectivity index (χ1n) is 7.69. The van der Waals surface area contributed by atoms with E-state index in [4.69, 9.17) is 9.47 Å². The molecule has 0 aliphatic carbocycles. The maximum absolute atomic E-state index is 9.80. The van der Waals surface area contributed by atoms with Gasteiger partial charge in [-0.15, -0.1) is 0 Å². The summed E-state index contributed by atoms with van der Waals surface area (Å²) in [7, 11) is 1.65. The number of benzene rings is 1. The fourth-order valence-corrected chi connectivity index (χ4v) is 2.18. The Kier molecular flexibility index (Phi) is 8.12. The molecule has 0 amide bonds. The molecule has 0 saturated carbocycles. The van der Waals surface area contributed by atoms with E-state index in [-0.39, 0.29) is 6.10 Å². The van der Waals surface area contributed by atoms with E-state index in [9.17, 15) is 5.11 Å². The second-order valence-electron chi connectivity index (χ2n) is 5.12. The summed E-state index contributed by atoms with van der Waals surface area (Å²) in [6.07, 6.45) is 5.77. The largest absolute Gasteiger partial charge is 0.493 e. The predicted octanol–water partition coefficient (Wildman–Crippen LogP) is 3.97. The summed E-state index contributed by atoms with van der Waals surface area (Å²) in [5.74, 6) is 1.54. The standard InChI is InChI=1S/C17H28O3/c1-4-6-7-8-12-20-16-11-9-10-14(17(16)19-3)13-15(18)5-2/h9-11,15,18H,4-8,12-13H2,1-3H3. The van der Waals surface area contributed by atoms with Gasteiger partial charge in [0.2, 0.25) is 0 Å². The van der Waals surface area contributed by atoms with Gasteiger partial charge in [-0.2, -0.15) is 0 Å². The van der Waals surface area contributed by atoms with Crippen LogP contribution in [0, 0.1) is 0 Å². The number of hydrogen-bond acceptors (Lipinski definition) is 3. The molecule has 1 atom stereocenters. The van der Waals surface area contributed by atoms with Crippen molar-refractivity contribution in [2.45, 2.75) is 58.5 Å². The van der Waals surface area contributed by atoms with Gasteiger partial charge in [-0.05, 0) is 18.9 Å². The second kappa shape index (κ2) is 9.65. The van der Waals surface area contributed by atoms with E-state index in [2.05, 4.69) is 6.92 Å². The molecule has 0 spiro atoms. The molecule has 0 aliphatic heterocycles. The van der Waals surface area contributed by atoms with Gasteiger partial charge in [-0.1, -0.05) is 45.2 Å². The molecule has 1 aromatic carbocycles. The van der Waals surface area contributed by atoms with E-state index in [0.717, 1.165) is 36.5 Å². The maximum atomic E-state index is 9.80. The Morgan fingerprint density at radius 3 is 2.60 bits per heavy atom. The number of para-hydroxylation sites is 1. The second-order valence-corrected chi connectivity index (χ2v) is 5.12. The number of aliphatic hydroxyl groups is 1. The van der Waals surface area contributed by atoms with Crippen LogP contribution in [0.1, 0.15) is 51.5 Å². The Morgan fingerprint density at radius 1 is 1.15 bits per heavy atom. The van der Waals surface area contributed by atoms with E-state index >= 15 is 0 Å². The van der Waals surface area contributed by atoms with Crippen molar-refractivity contribution in [2.24, 2.45) is 0 Å². The highest BCUT2D eigenvalue weighted by molar-refractivity contribution is 5.46. The lowest BCUT2D eigenvalue weighted by Gasteiger charge is -2.16. The van der Waals surface area contributed by atoms with Gasteiger partial charge in [0.15, 0.2) is 11.5 Å². The van der Waals surface area contributed by atoms with Crippen molar-refractivity contribution in [3.8, 4) is 11.5 Å². The monoisotopic (exact) mass is 280 g/mol. The van der Waals surface area contributed by atoms with Crippen molar-refractivity contribution in [2.75, 3.05) is 13.7 Å². The lowest BCUT2D eigenvalue weighted by molar-refractivity contribution is 0.169. The van der Waals surface area contributed by atoms with E-state index in [1.165, 1.54) is 19.3 Å².